The summed E-state index contributed by atoms with van der Waals surface area (Å²) in [6, 6.07) is 0. The predicted molar refractivity (Wildman–Crippen MR) is 81.0 cm³/mol. The SMILES string of the molecule is CCCCOC(=O)CCCC(C=CCOC(C)=O)OC(C)=O. The highest BCUT2D eigenvalue weighted by molar-refractivity contribution is 5.69. The Morgan fingerprint density at radius 2 is 1.77 bits per heavy atom. The average molecular weight is 314 g/mol. The maximum absolute atomic E-state index is 11.5. The van der Waals surface area contributed by atoms with Crippen molar-refractivity contribution in [1.82, 2.24) is 0 Å². The van der Waals surface area contributed by atoms with Gasteiger partial charge in [0.1, 0.15) is 12.7 Å². The van der Waals surface area contributed by atoms with Crippen LogP contribution in [0.5, 0.6) is 0 Å². The minimum atomic E-state index is -0.434. The molecule has 0 bridgehead atoms. The van der Waals surface area contributed by atoms with Crippen LogP contribution in [0.4, 0.5) is 0 Å². The van der Waals surface area contributed by atoms with E-state index in [1.807, 2.05) is 6.92 Å². The third-order valence-corrected chi connectivity index (χ3v) is 2.68. The van der Waals surface area contributed by atoms with Crippen LogP contribution in [-0.4, -0.2) is 37.2 Å². The summed E-state index contributed by atoms with van der Waals surface area (Å²) < 4.78 is 14.9. The summed E-state index contributed by atoms with van der Waals surface area (Å²) in [5, 5.41) is 0. The molecule has 0 aromatic carbocycles. The van der Waals surface area contributed by atoms with Crippen LogP contribution >= 0.6 is 0 Å². The lowest BCUT2D eigenvalue weighted by molar-refractivity contribution is -0.145. The molecule has 6 nitrogen and oxygen atoms in total. The van der Waals surface area contributed by atoms with Crippen molar-refractivity contribution >= 4 is 17.9 Å². The Morgan fingerprint density at radius 3 is 2.36 bits per heavy atom. The summed E-state index contributed by atoms with van der Waals surface area (Å²) in [6.07, 6.45) is 6.05. The van der Waals surface area contributed by atoms with Crippen molar-refractivity contribution in [2.45, 2.75) is 59.0 Å². The second-order valence-corrected chi connectivity index (χ2v) is 4.84. The standard InChI is InChI=1S/C16H26O6/c1-4-5-11-21-16(19)10-6-8-15(22-14(3)18)9-7-12-20-13(2)17/h7,9,15H,4-6,8,10-12H2,1-3H3. The summed E-state index contributed by atoms with van der Waals surface area (Å²) in [5.41, 5.74) is 0. The fraction of sp³-hybridized carbons (Fsp3) is 0.688. The van der Waals surface area contributed by atoms with Crippen molar-refractivity contribution < 1.29 is 28.6 Å². The first-order valence-electron chi connectivity index (χ1n) is 7.58. The number of unbranched alkanes of at least 4 members (excludes halogenated alkanes) is 1. The minimum Gasteiger partial charge on any atom is -0.466 e. The second kappa shape index (κ2) is 12.9. The predicted octanol–water partition coefficient (Wildman–Crippen LogP) is 2.55. The summed E-state index contributed by atoms with van der Waals surface area (Å²) >= 11 is 0. The summed E-state index contributed by atoms with van der Waals surface area (Å²) in [5.74, 6) is -1.00. The van der Waals surface area contributed by atoms with E-state index in [0.717, 1.165) is 12.8 Å². The normalized spacial score (nSPS) is 12.0. The van der Waals surface area contributed by atoms with Gasteiger partial charge < -0.3 is 14.2 Å². The van der Waals surface area contributed by atoms with Gasteiger partial charge >= 0.3 is 17.9 Å². The summed E-state index contributed by atoms with van der Waals surface area (Å²) in [7, 11) is 0. The van der Waals surface area contributed by atoms with E-state index < -0.39 is 12.1 Å². The molecule has 6 heteroatoms. The quantitative estimate of drug-likeness (QED) is 0.252. The van der Waals surface area contributed by atoms with Crippen molar-refractivity contribution in [2.24, 2.45) is 0 Å². The van der Waals surface area contributed by atoms with E-state index in [9.17, 15) is 14.4 Å². The van der Waals surface area contributed by atoms with Gasteiger partial charge in [0, 0.05) is 20.3 Å². The highest BCUT2D eigenvalue weighted by Crippen LogP contribution is 2.08. The average Bonchev–Trinajstić information content (AvgIpc) is 2.42. The Labute approximate surface area is 131 Å². The van der Waals surface area contributed by atoms with Crippen LogP contribution in [0.25, 0.3) is 0 Å². The van der Waals surface area contributed by atoms with Gasteiger partial charge in [-0.1, -0.05) is 13.3 Å². The molecule has 0 saturated heterocycles. The van der Waals surface area contributed by atoms with Gasteiger partial charge in [0.15, 0.2) is 0 Å². The highest BCUT2D eigenvalue weighted by atomic mass is 16.5. The Morgan fingerprint density at radius 1 is 1.05 bits per heavy atom. The zero-order chi connectivity index (χ0) is 16.8. The molecule has 0 heterocycles. The molecular formula is C16H26O6. The summed E-state index contributed by atoms with van der Waals surface area (Å²) in [4.78, 5) is 33.1. The zero-order valence-electron chi connectivity index (χ0n) is 13.6. The van der Waals surface area contributed by atoms with E-state index in [2.05, 4.69) is 0 Å². The van der Waals surface area contributed by atoms with Gasteiger partial charge in [0.05, 0.1) is 6.61 Å². The van der Waals surface area contributed by atoms with E-state index in [-0.39, 0.29) is 18.5 Å². The molecule has 0 aliphatic carbocycles. The van der Waals surface area contributed by atoms with E-state index in [1.165, 1.54) is 13.8 Å². The first-order valence-corrected chi connectivity index (χ1v) is 7.58. The lowest BCUT2D eigenvalue weighted by Crippen LogP contribution is -2.15. The van der Waals surface area contributed by atoms with Crippen molar-refractivity contribution in [3.63, 3.8) is 0 Å². The molecule has 0 aromatic heterocycles. The fourth-order valence-electron chi connectivity index (χ4n) is 1.63. The number of esters is 3. The minimum absolute atomic E-state index is 0.131. The van der Waals surface area contributed by atoms with Gasteiger partial charge in [-0.25, -0.2) is 0 Å². The molecule has 0 aromatic rings. The fourth-order valence-corrected chi connectivity index (χ4v) is 1.63. The largest absolute Gasteiger partial charge is 0.466 e. The van der Waals surface area contributed by atoms with Gasteiger partial charge in [-0.05, 0) is 31.4 Å². The van der Waals surface area contributed by atoms with E-state index in [0.29, 0.717) is 25.9 Å². The number of ether oxygens (including phenoxy) is 3. The molecule has 0 aliphatic rings. The van der Waals surface area contributed by atoms with Gasteiger partial charge in [-0.15, -0.1) is 0 Å². The molecule has 0 rings (SSSR count). The van der Waals surface area contributed by atoms with E-state index >= 15 is 0 Å². The van der Waals surface area contributed by atoms with Crippen LogP contribution < -0.4 is 0 Å². The molecule has 22 heavy (non-hydrogen) atoms. The van der Waals surface area contributed by atoms with Crippen molar-refractivity contribution in [3.8, 4) is 0 Å². The number of rotatable bonds is 11. The van der Waals surface area contributed by atoms with Gasteiger partial charge in [-0.2, -0.15) is 0 Å². The third kappa shape index (κ3) is 13.1. The molecule has 0 N–H and O–H groups in total. The molecule has 0 aliphatic heterocycles. The maximum Gasteiger partial charge on any atom is 0.305 e. The van der Waals surface area contributed by atoms with Gasteiger partial charge in [0.2, 0.25) is 0 Å². The highest BCUT2D eigenvalue weighted by Gasteiger charge is 2.10. The molecule has 0 fully saturated rings. The Bertz CT molecular complexity index is 375. The van der Waals surface area contributed by atoms with E-state index in [4.69, 9.17) is 14.2 Å². The first kappa shape index (κ1) is 20.1. The second-order valence-electron chi connectivity index (χ2n) is 4.84. The third-order valence-electron chi connectivity index (χ3n) is 2.68. The van der Waals surface area contributed by atoms with Gasteiger partial charge in [0.25, 0.3) is 0 Å². The Hall–Kier alpha value is -1.85. The van der Waals surface area contributed by atoms with Crippen LogP contribution in [0, 0.1) is 0 Å². The lowest BCUT2D eigenvalue weighted by atomic mass is 10.1. The van der Waals surface area contributed by atoms with Crippen molar-refractivity contribution in [1.29, 1.82) is 0 Å². The Kier molecular flexibility index (Phi) is 11.8. The molecular weight excluding hydrogens is 288 g/mol. The molecule has 0 radical (unpaired) electrons. The monoisotopic (exact) mass is 314 g/mol. The molecule has 1 unspecified atom stereocenters. The smallest absolute Gasteiger partial charge is 0.305 e. The maximum atomic E-state index is 11.5. The first-order chi connectivity index (χ1) is 10.5. The molecule has 0 saturated carbocycles. The van der Waals surface area contributed by atoms with Crippen molar-refractivity contribution in [3.05, 3.63) is 12.2 Å². The summed E-state index contributed by atoms with van der Waals surface area (Å²) in [6.45, 7) is 5.25. The van der Waals surface area contributed by atoms with Gasteiger partial charge in [-0.3, -0.25) is 14.4 Å². The van der Waals surface area contributed by atoms with Crippen LogP contribution in [0.15, 0.2) is 12.2 Å². The topological polar surface area (TPSA) is 78.9 Å². The van der Waals surface area contributed by atoms with Crippen molar-refractivity contribution in [2.75, 3.05) is 13.2 Å². The molecule has 0 amide bonds. The van der Waals surface area contributed by atoms with Crippen LogP contribution in [0.3, 0.4) is 0 Å². The molecule has 1 atom stereocenters. The van der Waals surface area contributed by atoms with Crippen LogP contribution in [0.2, 0.25) is 0 Å². The van der Waals surface area contributed by atoms with E-state index in [1.54, 1.807) is 12.2 Å². The van der Waals surface area contributed by atoms with Crippen LogP contribution in [0.1, 0.15) is 52.9 Å². The Balaban J connectivity index is 4.05. The number of hydrogen-bond donors (Lipinski definition) is 0. The number of hydrogen-bond acceptors (Lipinski definition) is 6. The molecule has 0 spiro atoms. The number of carbonyl (C=O) groups excluding carboxylic acids is 3. The zero-order valence-corrected chi connectivity index (χ0v) is 13.6. The number of carbonyl (C=O) groups is 3. The lowest BCUT2D eigenvalue weighted by Gasteiger charge is -2.13. The van der Waals surface area contributed by atoms with Crippen LogP contribution in [-0.2, 0) is 28.6 Å². The molecule has 126 valence electrons.